The van der Waals surface area contributed by atoms with Crippen molar-refractivity contribution < 1.29 is 9.53 Å². The summed E-state index contributed by atoms with van der Waals surface area (Å²) in [6, 6.07) is 8.05. The largest absolute Gasteiger partial charge is 0.444 e. The number of carbonyl (C=O) groups excluding carboxylic acids is 1. The molecular weight excluding hydrogens is 507 g/mol. The highest BCUT2D eigenvalue weighted by molar-refractivity contribution is 14.0. The first-order valence-electron chi connectivity index (χ1n) is 10.5. The van der Waals surface area contributed by atoms with Crippen LogP contribution in [0.5, 0.6) is 0 Å². The molecule has 1 aromatic carbocycles. The number of aryl methyl sites for hydroxylation is 1. The van der Waals surface area contributed by atoms with Gasteiger partial charge in [-0.3, -0.25) is 4.99 Å². The van der Waals surface area contributed by atoms with Crippen LogP contribution in [0.3, 0.4) is 0 Å². The number of guanidine groups is 1. The number of nitrogens with one attached hydrogen (secondary N) is 3. The number of hydrogen-bond acceptors (Lipinski definition) is 4. The van der Waals surface area contributed by atoms with Gasteiger partial charge in [-0.1, -0.05) is 26.0 Å². The predicted molar refractivity (Wildman–Crippen MR) is 137 cm³/mol. The van der Waals surface area contributed by atoms with Crippen LogP contribution in [0.4, 0.5) is 4.79 Å². The van der Waals surface area contributed by atoms with Crippen LogP contribution in [-0.4, -0.2) is 46.3 Å². The Morgan fingerprint density at radius 1 is 1.16 bits per heavy atom. The summed E-state index contributed by atoms with van der Waals surface area (Å²) in [7, 11) is 3.73. The molecule has 0 bridgehead atoms. The summed E-state index contributed by atoms with van der Waals surface area (Å²) >= 11 is 0. The smallest absolute Gasteiger partial charge is 0.408 e. The fraction of sp³-hybridized carbons (Fsp3) is 0.591. The van der Waals surface area contributed by atoms with Gasteiger partial charge in [0.25, 0.3) is 0 Å². The van der Waals surface area contributed by atoms with E-state index in [2.05, 4.69) is 50.4 Å². The van der Waals surface area contributed by atoms with E-state index in [1.165, 1.54) is 0 Å². The Kier molecular flexibility index (Phi) is 10.1. The van der Waals surface area contributed by atoms with E-state index in [9.17, 15) is 4.79 Å². The number of aromatic nitrogens is 2. The molecule has 0 aliphatic heterocycles. The molecule has 1 amide bonds. The maximum atomic E-state index is 12.3. The summed E-state index contributed by atoms with van der Waals surface area (Å²) in [5.41, 5.74) is 1.10. The number of halogens is 1. The molecule has 174 valence electrons. The van der Waals surface area contributed by atoms with Crippen molar-refractivity contribution in [3.63, 3.8) is 0 Å². The highest BCUT2D eigenvalue weighted by Gasteiger charge is 2.30. The number of amides is 1. The first-order chi connectivity index (χ1) is 14.1. The van der Waals surface area contributed by atoms with Crippen molar-refractivity contribution in [2.24, 2.45) is 12.0 Å². The van der Waals surface area contributed by atoms with Crippen LogP contribution in [0.2, 0.25) is 0 Å². The molecule has 0 saturated heterocycles. The number of ether oxygens (including phenoxy) is 1. The molecule has 1 heterocycles. The zero-order valence-electron chi connectivity index (χ0n) is 19.7. The lowest BCUT2D eigenvalue weighted by Gasteiger charge is -2.34. The highest BCUT2D eigenvalue weighted by Crippen LogP contribution is 2.17. The number of carbonyl (C=O) groups is 1. The summed E-state index contributed by atoms with van der Waals surface area (Å²) in [5.74, 6) is 1.57. The second kappa shape index (κ2) is 11.5. The van der Waals surface area contributed by atoms with Crippen molar-refractivity contribution in [2.45, 2.75) is 65.1 Å². The molecule has 2 rings (SSSR count). The number of para-hydroxylation sites is 2. The Hall–Kier alpha value is -2.04. The van der Waals surface area contributed by atoms with E-state index in [-0.39, 0.29) is 24.0 Å². The lowest BCUT2D eigenvalue weighted by atomic mass is 9.93. The van der Waals surface area contributed by atoms with Crippen molar-refractivity contribution in [2.75, 3.05) is 13.6 Å². The molecule has 0 saturated carbocycles. The zero-order chi connectivity index (χ0) is 22.4. The average molecular weight is 544 g/mol. The quantitative estimate of drug-likeness (QED) is 0.279. The Morgan fingerprint density at radius 3 is 2.35 bits per heavy atom. The summed E-state index contributed by atoms with van der Waals surface area (Å²) in [6.07, 6.45) is 1.12. The molecule has 1 aromatic heterocycles. The second-order valence-corrected chi connectivity index (χ2v) is 8.47. The van der Waals surface area contributed by atoms with Crippen molar-refractivity contribution in [1.82, 2.24) is 25.5 Å². The Morgan fingerprint density at radius 2 is 1.81 bits per heavy atom. The van der Waals surface area contributed by atoms with Crippen molar-refractivity contribution in [3.05, 3.63) is 30.1 Å². The molecule has 31 heavy (non-hydrogen) atoms. The fourth-order valence-electron chi connectivity index (χ4n) is 3.23. The number of fused-ring (bicyclic) bond motifs is 1. The molecular formula is C22H37IN6O2. The van der Waals surface area contributed by atoms with Gasteiger partial charge in [-0.05, 0) is 45.7 Å². The molecule has 0 unspecified atom stereocenters. The SMILES string of the molecule is CCC(CC)(CNC(=NC)NCc1nc2ccccc2n1C)NC(=O)OC(C)(C)C.I. The number of benzene rings is 1. The average Bonchev–Trinajstić information content (AvgIpc) is 3.01. The number of aliphatic imine (C=N–C) groups is 1. The van der Waals surface area contributed by atoms with Gasteiger partial charge in [0.05, 0.1) is 23.1 Å². The minimum absolute atomic E-state index is 0. The van der Waals surface area contributed by atoms with Gasteiger partial charge >= 0.3 is 6.09 Å². The highest BCUT2D eigenvalue weighted by atomic mass is 127. The van der Waals surface area contributed by atoms with Crippen LogP contribution in [0.15, 0.2) is 29.3 Å². The maximum Gasteiger partial charge on any atom is 0.408 e. The molecule has 0 aliphatic rings. The zero-order valence-corrected chi connectivity index (χ0v) is 22.0. The Labute approximate surface area is 202 Å². The van der Waals surface area contributed by atoms with Crippen LogP contribution in [-0.2, 0) is 18.3 Å². The van der Waals surface area contributed by atoms with Crippen molar-refractivity contribution in [3.8, 4) is 0 Å². The molecule has 0 fully saturated rings. The number of imidazole rings is 1. The summed E-state index contributed by atoms with van der Waals surface area (Å²) < 4.78 is 7.51. The molecule has 2 aromatic rings. The van der Waals surface area contributed by atoms with Gasteiger partial charge in [-0.25, -0.2) is 9.78 Å². The van der Waals surface area contributed by atoms with E-state index in [1.54, 1.807) is 7.05 Å². The van der Waals surface area contributed by atoms with E-state index in [0.29, 0.717) is 19.0 Å². The maximum absolute atomic E-state index is 12.3. The van der Waals surface area contributed by atoms with Gasteiger partial charge in [0.1, 0.15) is 11.4 Å². The second-order valence-electron chi connectivity index (χ2n) is 8.47. The first kappa shape index (κ1) is 27.0. The van der Waals surface area contributed by atoms with E-state index in [0.717, 1.165) is 29.7 Å². The van der Waals surface area contributed by atoms with E-state index in [4.69, 9.17) is 4.74 Å². The minimum atomic E-state index is -0.534. The molecule has 0 radical (unpaired) electrons. The van der Waals surface area contributed by atoms with Crippen LogP contribution in [0.25, 0.3) is 11.0 Å². The third-order valence-corrected chi connectivity index (χ3v) is 5.23. The molecule has 8 nitrogen and oxygen atoms in total. The Bertz CT molecular complexity index is 884. The summed E-state index contributed by atoms with van der Waals surface area (Å²) in [4.78, 5) is 21.3. The monoisotopic (exact) mass is 544 g/mol. The molecule has 9 heteroatoms. The van der Waals surface area contributed by atoms with E-state index < -0.39 is 17.2 Å². The predicted octanol–water partition coefficient (Wildman–Crippen LogP) is 3.94. The van der Waals surface area contributed by atoms with Gasteiger partial charge in [0, 0.05) is 20.6 Å². The standard InChI is InChI=1S/C22H36N6O2.HI/c1-8-22(9-2,27-20(29)30-21(3,4)5)15-25-19(23-6)24-14-18-26-16-12-10-11-13-17(16)28(18)7;/h10-13H,8-9,14-15H2,1-7H3,(H,27,29)(H2,23,24,25);1H. The van der Waals surface area contributed by atoms with Crippen molar-refractivity contribution >= 4 is 47.1 Å². The Balaban J connectivity index is 0.00000480. The molecule has 0 aliphatic carbocycles. The summed E-state index contributed by atoms with van der Waals surface area (Å²) in [5, 5.41) is 9.69. The van der Waals surface area contributed by atoms with Crippen LogP contribution >= 0.6 is 24.0 Å². The number of alkyl carbamates (subject to hydrolysis) is 1. The lowest BCUT2D eigenvalue weighted by Crippen LogP contribution is -2.57. The topological polar surface area (TPSA) is 92.6 Å². The van der Waals surface area contributed by atoms with Crippen LogP contribution in [0, 0.1) is 0 Å². The van der Waals surface area contributed by atoms with E-state index >= 15 is 0 Å². The van der Waals surface area contributed by atoms with Crippen LogP contribution < -0.4 is 16.0 Å². The van der Waals surface area contributed by atoms with Crippen molar-refractivity contribution in [1.29, 1.82) is 0 Å². The van der Waals surface area contributed by atoms with E-state index in [1.807, 2.05) is 46.0 Å². The number of nitrogens with zero attached hydrogens (tertiary/aromatic N) is 3. The van der Waals surface area contributed by atoms with Crippen LogP contribution in [0.1, 0.15) is 53.3 Å². The van der Waals surface area contributed by atoms with Gasteiger partial charge in [0.2, 0.25) is 0 Å². The normalized spacial score (nSPS) is 12.3. The molecule has 0 spiro atoms. The number of hydrogen-bond donors (Lipinski definition) is 3. The number of rotatable bonds is 7. The summed E-state index contributed by atoms with van der Waals surface area (Å²) in [6.45, 7) is 10.7. The fourth-order valence-corrected chi connectivity index (χ4v) is 3.23. The molecule has 0 atom stereocenters. The van der Waals surface area contributed by atoms with Gasteiger partial charge in [0.15, 0.2) is 5.96 Å². The minimum Gasteiger partial charge on any atom is -0.444 e. The van der Waals surface area contributed by atoms with Gasteiger partial charge in [-0.2, -0.15) is 0 Å². The van der Waals surface area contributed by atoms with Gasteiger partial charge < -0.3 is 25.3 Å². The lowest BCUT2D eigenvalue weighted by molar-refractivity contribution is 0.0448. The van der Waals surface area contributed by atoms with Gasteiger partial charge in [-0.15, -0.1) is 24.0 Å². The third-order valence-electron chi connectivity index (χ3n) is 5.23. The first-order valence-corrected chi connectivity index (χ1v) is 10.5. The molecule has 3 N–H and O–H groups in total. The third kappa shape index (κ3) is 7.55.